The standard InChI is InChI=1S/C17H22ClFN2O3/c18-14-1-2-16(19)15(7-14)17(23)21-9-12(13(10-21)11-22)8-20-3-5-24-6-4-20/h1-2,7,12-13,22H,3-6,8-11H2/t12-,13-/m1/s1. The van der Waals surface area contributed by atoms with E-state index in [4.69, 9.17) is 16.3 Å². The van der Waals surface area contributed by atoms with Crippen molar-refractivity contribution in [2.45, 2.75) is 0 Å². The zero-order valence-corrected chi connectivity index (χ0v) is 14.2. The molecule has 1 N–H and O–H groups in total. The summed E-state index contributed by atoms with van der Waals surface area (Å²) < 4.78 is 19.3. The molecule has 2 saturated heterocycles. The van der Waals surface area contributed by atoms with Crippen LogP contribution in [0.4, 0.5) is 4.39 Å². The van der Waals surface area contributed by atoms with Crippen molar-refractivity contribution in [1.29, 1.82) is 0 Å². The largest absolute Gasteiger partial charge is 0.396 e. The first-order valence-corrected chi connectivity index (χ1v) is 8.61. The highest BCUT2D eigenvalue weighted by Gasteiger charge is 2.36. The number of carbonyl (C=O) groups excluding carboxylic acids is 1. The number of rotatable bonds is 4. The molecule has 2 aliphatic heterocycles. The van der Waals surface area contributed by atoms with E-state index in [0.717, 1.165) is 19.6 Å². The summed E-state index contributed by atoms with van der Waals surface area (Å²) in [6, 6.07) is 4.00. The van der Waals surface area contributed by atoms with Crippen molar-refractivity contribution in [2.24, 2.45) is 11.8 Å². The summed E-state index contributed by atoms with van der Waals surface area (Å²) in [5, 5.41) is 9.99. The molecule has 2 fully saturated rings. The van der Waals surface area contributed by atoms with Gasteiger partial charge in [0, 0.05) is 50.3 Å². The Morgan fingerprint density at radius 2 is 2.00 bits per heavy atom. The van der Waals surface area contributed by atoms with Crippen molar-refractivity contribution >= 4 is 17.5 Å². The molecule has 0 aliphatic carbocycles. The maximum atomic E-state index is 13.9. The second-order valence-corrected chi connectivity index (χ2v) is 6.89. The second kappa shape index (κ2) is 7.78. The quantitative estimate of drug-likeness (QED) is 0.888. The average molecular weight is 357 g/mol. The fraction of sp³-hybridized carbons (Fsp3) is 0.588. The van der Waals surface area contributed by atoms with E-state index in [1.54, 1.807) is 4.90 Å². The van der Waals surface area contributed by atoms with Gasteiger partial charge in [-0.1, -0.05) is 11.6 Å². The number of aliphatic hydroxyl groups excluding tert-OH is 1. The summed E-state index contributed by atoms with van der Waals surface area (Å²) in [7, 11) is 0. The first-order valence-electron chi connectivity index (χ1n) is 8.23. The zero-order chi connectivity index (χ0) is 17.1. The van der Waals surface area contributed by atoms with Crippen LogP contribution in [0.15, 0.2) is 18.2 Å². The zero-order valence-electron chi connectivity index (χ0n) is 13.5. The molecule has 0 aromatic heterocycles. The van der Waals surface area contributed by atoms with Gasteiger partial charge in [-0.05, 0) is 24.1 Å². The lowest BCUT2D eigenvalue weighted by Crippen LogP contribution is -2.41. The van der Waals surface area contributed by atoms with Crippen molar-refractivity contribution in [1.82, 2.24) is 9.80 Å². The smallest absolute Gasteiger partial charge is 0.256 e. The van der Waals surface area contributed by atoms with E-state index in [1.807, 2.05) is 0 Å². The summed E-state index contributed by atoms with van der Waals surface area (Å²) in [5.41, 5.74) is -0.00814. The van der Waals surface area contributed by atoms with E-state index in [2.05, 4.69) is 4.90 Å². The van der Waals surface area contributed by atoms with Crippen LogP contribution in [0.2, 0.25) is 5.02 Å². The molecular formula is C17H22ClFN2O3. The topological polar surface area (TPSA) is 53.0 Å². The summed E-state index contributed by atoms with van der Waals surface area (Å²) in [4.78, 5) is 16.6. The van der Waals surface area contributed by atoms with Crippen LogP contribution in [-0.4, -0.2) is 73.4 Å². The molecule has 3 rings (SSSR count). The Morgan fingerprint density at radius 1 is 1.29 bits per heavy atom. The van der Waals surface area contributed by atoms with Crippen LogP contribution >= 0.6 is 11.6 Å². The molecule has 0 spiro atoms. The van der Waals surface area contributed by atoms with E-state index in [-0.39, 0.29) is 29.9 Å². The van der Waals surface area contributed by atoms with Gasteiger partial charge in [-0.15, -0.1) is 0 Å². The molecule has 0 bridgehead atoms. The fourth-order valence-electron chi connectivity index (χ4n) is 3.47. The van der Waals surface area contributed by atoms with Gasteiger partial charge in [0.05, 0.1) is 18.8 Å². The van der Waals surface area contributed by atoms with Gasteiger partial charge in [-0.2, -0.15) is 0 Å². The highest BCUT2D eigenvalue weighted by molar-refractivity contribution is 6.31. The van der Waals surface area contributed by atoms with E-state index in [0.29, 0.717) is 31.3 Å². The lowest BCUT2D eigenvalue weighted by atomic mass is 9.96. The SMILES string of the molecule is O=C(c1cc(Cl)ccc1F)N1C[C@@H](CN2CCOCC2)[C@@H](CO)C1. The van der Waals surface area contributed by atoms with Gasteiger partial charge >= 0.3 is 0 Å². The van der Waals surface area contributed by atoms with Crippen molar-refractivity contribution in [3.05, 3.63) is 34.6 Å². The highest BCUT2D eigenvalue weighted by Crippen LogP contribution is 2.27. The van der Waals surface area contributed by atoms with E-state index in [9.17, 15) is 14.3 Å². The Hall–Kier alpha value is -1.21. The fourth-order valence-corrected chi connectivity index (χ4v) is 3.64. The van der Waals surface area contributed by atoms with Crippen molar-refractivity contribution in [2.75, 3.05) is 52.5 Å². The minimum Gasteiger partial charge on any atom is -0.396 e. The van der Waals surface area contributed by atoms with Gasteiger partial charge in [-0.25, -0.2) is 4.39 Å². The minimum atomic E-state index is -0.568. The number of amides is 1. The molecule has 1 aromatic rings. The molecule has 2 heterocycles. The Morgan fingerprint density at radius 3 is 2.71 bits per heavy atom. The number of halogens is 2. The van der Waals surface area contributed by atoms with Gasteiger partial charge in [0.1, 0.15) is 5.82 Å². The van der Waals surface area contributed by atoms with Crippen molar-refractivity contribution in [3.63, 3.8) is 0 Å². The van der Waals surface area contributed by atoms with Crippen LogP contribution in [0.1, 0.15) is 10.4 Å². The number of benzene rings is 1. The molecule has 5 nitrogen and oxygen atoms in total. The van der Waals surface area contributed by atoms with E-state index < -0.39 is 5.82 Å². The Kier molecular flexibility index (Phi) is 5.71. The third-order valence-corrected chi connectivity index (χ3v) is 5.09. The number of morpholine rings is 1. The first-order chi connectivity index (χ1) is 11.6. The summed E-state index contributed by atoms with van der Waals surface area (Å²) >= 11 is 5.89. The maximum absolute atomic E-state index is 13.9. The maximum Gasteiger partial charge on any atom is 0.256 e. The molecule has 1 aromatic carbocycles. The van der Waals surface area contributed by atoms with Crippen molar-refractivity contribution in [3.8, 4) is 0 Å². The molecule has 24 heavy (non-hydrogen) atoms. The number of hydrogen-bond donors (Lipinski definition) is 1. The van der Waals surface area contributed by atoms with Gasteiger partial charge in [-0.3, -0.25) is 9.69 Å². The molecule has 0 saturated carbocycles. The third kappa shape index (κ3) is 3.88. The molecule has 0 radical (unpaired) electrons. The number of likely N-dealkylation sites (tertiary alicyclic amines) is 1. The summed E-state index contributed by atoms with van der Waals surface area (Å²) in [6.07, 6.45) is 0. The summed E-state index contributed by atoms with van der Waals surface area (Å²) in [5.74, 6) is -0.738. The monoisotopic (exact) mass is 356 g/mol. The molecule has 0 unspecified atom stereocenters. The predicted molar refractivity (Wildman–Crippen MR) is 88.6 cm³/mol. The molecule has 7 heteroatoms. The van der Waals surface area contributed by atoms with Crippen LogP contribution in [0.3, 0.4) is 0 Å². The van der Waals surface area contributed by atoms with Crippen LogP contribution in [0, 0.1) is 17.7 Å². The third-order valence-electron chi connectivity index (χ3n) is 4.85. The predicted octanol–water partition coefficient (Wildman–Crippen LogP) is 1.49. The minimum absolute atomic E-state index is 0.00814. The van der Waals surface area contributed by atoms with Crippen LogP contribution in [-0.2, 0) is 4.74 Å². The lowest BCUT2D eigenvalue weighted by Gasteiger charge is -2.30. The summed E-state index contributed by atoms with van der Waals surface area (Å²) in [6.45, 7) is 4.97. The van der Waals surface area contributed by atoms with Crippen LogP contribution in [0.5, 0.6) is 0 Å². The van der Waals surface area contributed by atoms with Crippen molar-refractivity contribution < 1.29 is 19.0 Å². The molecule has 132 valence electrons. The number of ether oxygens (including phenoxy) is 1. The second-order valence-electron chi connectivity index (χ2n) is 6.45. The highest BCUT2D eigenvalue weighted by atomic mass is 35.5. The number of hydrogen-bond acceptors (Lipinski definition) is 4. The molecule has 2 atom stereocenters. The van der Waals surface area contributed by atoms with Crippen LogP contribution in [0.25, 0.3) is 0 Å². The Labute approximate surface area is 145 Å². The normalized spacial score (nSPS) is 25.2. The van der Waals surface area contributed by atoms with Gasteiger partial charge in [0.2, 0.25) is 0 Å². The number of carbonyl (C=O) groups is 1. The number of aliphatic hydroxyl groups is 1. The average Bonchev–Trinajstić information content (AvgIpc) is 3.00. The Balaban J connectivity index is 1.68. The van der Waals surface area contributed by atoms with E-state index in [1.165, 1.54) is 18.2 Å². The van der Waals surface area contributed by atoms with Gasteiger partial charge < -0.3 is 14.7 Å². The molecule has 2 aliphatic rings. The number of nitrogens with zero attached hydrogens (tertiary/aromatic N) is 2. The molecule has 1 amide bonds. The van der Waals surface area contributed by atoms with Gasteiger partial charge in [0.25, 0.3) is 5.91 Å². The van der Waals surface area contributed by atoms with E-state index >= 15 is 0 Å². The first kappa shape index (κ1) is 17.6. The van der Waals surface area contributed by atoms with Gasteiger partial charge in [0.15, 0.2) is 0 Å². The lowest BCUT2D eigenvalue weighted by molar-refractivity contribution is 0.0264. The molecular weight excluding hydrogens is 335 g/mol. The Bertz CT molecular complexity index is 595. The van der Waals surface area contributed by atoms with Crippen LogP contribution < -0.4 is 0 Å².